The van der Waals surface area contributed by atoms with Crippen molar-refractivity contribution in [1.82, 2.24) is 5.32 Å². The van der Waals surface area contributed by atoms with Crippen LogP contribution < -0.4 is 10.1 Å². The molecule has 1 atom stereocenters. The van der Waals surface area contributed by atoms with Crippen molar-refractivity contribution in [3.8, 4) is 5.75 Å². The number of ether oxygens (including phenoxy) is 1. The number of carbonyl (C=O) groups excluding carboxylic acids is 1. The van der Waals surface area contributed by atoms with Gasteiger partial charge in [-0.15, -0.1) is 0 Å². The number of methoxy groups -OCH3 is 1. The number of rotatable bonds is 5. The average Bonchev–Trinajstić information content (AvgIpc) is 2.48. The van der Waals surface area contributed by atoms with Crippen molar-refractivity contribution in [3.05, 3.63) is 64.7 Å². The Labute approximate surface area is 129 Å². The number of benzene rings is 2. The molecular formula is C17H18ClNO2. The fraction of sp³-hybridized carbons (Fsp3) is 0.235. The summed E-state index contributed by atoms with van der Waals surface area (Å²) in [6, 6.07) is 14.9. The lowest BCUT2D eigenvalue weighted by Gasteiger charge is -2.14. The molecule has 0 aliphatic carbocycles. The van der Waals surface area contributed by atoms with E-state index in [-0.39, 0.29) is 11.9 Å². The first-order valence-electron chi connectivity index (χ1n) is 6.76. The van der Waals surface area contributed by atoms with Crippen LogP contribution in [0.1, 0.15) is 24.1 Å². The second-order valence-corrected chi connectivity index (χ2v) is 5.31. The summed E-state index contributed by atoms with van der Waals surface area (Å²) in [4.78, 5) is 12.1. The molecule has 3 nitrogen and oxygen atoms in total. The highest BCUT2D eigenvalue weighted by Gasteiger charge is 2.10. The van der Waals surface area contributed by atoms with E-state index < -0.39 is 0 Å². The molecular weight excluding hydrogens is 286 g/mol. The molecule has 2 rings (SSSR count). The number of nitrogens with one attached hydrogen (secondary N) is 1. The van der Waals surface area contributed by atoms with Gasteiger partial charge in [-0.05, 0) is 42.3 Å². The Morgan fingerprint density at radius 2 is 1.95 bits per heavy atom. The maximum atomic E-state index is 12.1. The number of hydrogen-bond donors (Lipinski definition) is 1. The first kappa shape index (κ1) is 15.4. The monoisotopic (exact) mass is 303 g/mol. The molecule has 110 valence electrons. The zero-order valence-corrected chi connectivity index (χ0v) is 12.9. The number of halogens is 1. The second kappa shape index (κ2) is 7.14. The molecule has 0 aromatic heterocycles. The summed E-state index contributed by atoms with van der Waals surface area (Å²) in [5, 5.41) is 3.64. The Morgan fingerprint density at radius 1 is 1.24 bits per heavy atom. The average molecular weight is 304 g/mol. The van der Waals surface area contributed by atoms with Crippen LogP contribution in [0.15, 0.2) is 48.5 Å². The van der Waals surface area contributed by atoms with Crippen LogP contribution >= 0.6 is 11.6 Å². The van der Waals surface area contributed by atoms with E-state index in [1.807, 2.05) is 55.5 Å². The van der Waals surface area contributed by atoms with Crippen LogP contribution in [0.5, 0.6) is 5.75 Å². The van der Waals surface area contributed by atoms with Crippen molar-refractivity contribution in [2.24, 2.45) is 0 Å². The van der Waals surface area contributed by atoms with E-state index in [1.165, 1.54) is 0 Å². The Balaban J connectivity index is 1.94. The first-order chi connectivity index (χ1) is 10.1. The molecule has 4 heteroatoms. The van der Waals surface area contributed by atoms with Gasteiger partial charge in [0.2, 0.25) is 5.91 Å². The van der Waals surface area contributed by atoms with E-state index in [0.29, 0.717) is 11.4 Å². The van der Waals surface area contributed by atoms with Gasteiger partial charge in [0.15, 0.2) is 0 Å². The van der Waals surface area contributed by atoms with Gasteiger partial charge >= 0.3 is 0 Å². The van der Waals surface area contributed by atoms with Crippen LogP contribution in [0.25, 0.3) is 0 Å². The molecule has 0 aliphatic rings. The van der Waals surface area contributed by atoms with Gasteiger partial charge in [-0.3, -0.25) is 4.79 Å². The molecule has 2 aromatic carbocycles. The summed E-state index contributed by atoms with van der Waals surface area (Å²) in [6.45, 7) is 1.94. The first-order valence-corrected chi connectivity index (χ1v) is 7.14. The lowest BCUT2D eigenvalue weighted by Crippen LogP contribution is -2.28. The number of carbonyl (C=O) groups is 1. The molecule has 0 spiro atoms. The smallest absolute Gasteiger partial charge is 0.224 e. The zero-order valence-electron chi connectivity index (χ0n) is 12.1. The molecule has 1 N–H and O–H groups in total. The van der Waals surface area contributed by atoms with Gasteiger partial charge in [0.25, 0.3) is 0 Å². The minimum absolute atomic E-state index is 0.0207. The van der Waals surface area contributed by atoms with Gasteiger partial charge in [0, 0.05) is 5.02 Å². The Hall–Kier alpha value is -2.00. The van der Waals surface area contributed by atoms with Gasteiger partial charge in [0.1, 0.15) is 5.75 Å². The van der Waals surface area contributed by atoms with Crippen LogP contribution in [-0.2, 0) is 11.2 Å². The fourth-order valence-electron chi connectivity index (χ4n) is 2.08. The van der Waals surface area contributed by atoms with Gasteiger partial charge < -0.3 is 10.1 Å². The summed E-state index contributed by atoms with van der Waals surface area (Å²) >= 11 is 5.96. The maximum absolute atomic E-state index is 12.1. The quantitative estimate of drug-likeness (QED) is 0.913. The van der Waals surface area contributed by atoms with Crippen LogP contribution in [0.4, 0.5) is 0 Å². The molecule has 0 heterocycles. The second-order valence-electron chi connectivity index (χ2n) is 4.87. The largest absolute Gasteiger partial charge is 0.497 e. The van der Waals surface area contributed by atoms with Crippen molar-refractivity contribution < 1.29 is 9.53 Å². The Morgan fingerprint density at radius 3 is 2.57 bits per heavy atom. The van der Waals surface area contributed by atoms with Crippen LogP contribution in [0.2, 0.25) is 5.02 Å². The molecule has 0 saturated heterocycles. The third-order valence-corrected chi connectivity index (χ3v) is 3.49. The SMILES string of the molecule is COc1ccc(CC(=O)NC(C)c2cccc(Cl)c2)cc1. The standard InChI is InChI=1S/C17H18ClNO2/c1-12(14-4-3-5-15(18)11-14)19-17(20)10-13-6-8-16(21-2)9-7-13/h3-9,11-12H,10H2,1-2H3,(H,19,20). The molecule has 0 fully saturated rings. The van der Waals surface area contributed by atoms with Crippen molar-refractivity contribution in [1.29, 1.82) is 0 Å². The van der Waals surface area contributed by atoms with Gasteiger partial charge in [0.05, 0.1) is 19.6 Å². The third-order valence-electron chi connectivity index (χ3n) is 3.25. The molecule has 1 unspecified atom stereocenters. The third kappa shape index (κ3) is 4.50. The normalized spacial score (nSPS) is 11.8. The van der Waals surface area contributed by atoms with Crippen molar-refractivity contribution in [3.63, 3.8) is 0 Å². The van der Waals surface area contributed by atoms with E-state index >= 15 is 0 Å². The summed E-state index contributed by atoms with van der Waals surface area (Å²) in [5.41, 5.74) is 1.94. The summed E-state index contributed by atoms with van der Waals surface area (Å²) < 4.78 is 5.09. The van der Waals surface area contributed by atoms with Gasteiger partial charge in [-0.25, -0.2) is 0 Å². The molecule has 1 amide bonds. The van der Waals surface area contributed by atoms with E-state index in [4.69, 9.17) is 16.3 Å². The predicted octanol–water partition coefficient (Wildman–Crippen LogP) is 3.77. The van der Waals surface area contributed by atoms with Gasteiger partial charge in [-0.1, -0.05) is 35.9 Å². The lowest BCUT2D eigenvalue weighted by atomic mass is 10.1. The van der Waals surface area contributed by atoms with Crippen LogP contribution in [-0.4, -0.2) is 13.0 Å². The fourth-order valence-corrected chi connectivity index (χ4v) is 2.28. The Kier molecular flexibility index (Phi) is 5.23. The minimum atomic E-state index is -0.0746. The minimum Gasteiger partial charge on any atom is -0.497 e. The highest BCUT2D eigenvalue weighted by Crippen LogP contribution is 2.17. The van der Waals surface area contributed by atoms with E-state index in [2.05, 4.69) is 5.32 Å². The van der Waals surface area contributed by atoms with Crippen molar-refractivity contribution in [2.75, 3.05) is 7.11 Å². The van der Waals surface area contributed by atoms with Crippen LogP contribution in [0, 0.1) is 0 Å². The lowest BCUT2D eigenvalue weighted by molar-refractivity contribution is -0.121. The number of hydrogen-bond acceptors (Lipinski definition) is 2. The highest BCUT2D eigenvalue weighted by molar-refractivity contribution is 6.30. The number of amides is 1. The molecule has 0 saturated carbocycles. The molecule has 0 radical (unpaired) electrons. The zero-order chi connectivity index (χ0) is 15.2. The predicted molar refractivity (Wildman–Crippen MR) is 84.7 cm³/mol. The van der Waals surface area contributed by atoms with E-state index in [9.17, 15) is 4.79 Å². The van der Waals surface area contributed by atoms with Crippen LogP contribution in [0.3, 0.4) is 0 Å². The van der Waals surface area contributed by atoms with Crippen molar-refractivity contribution >= 4 is 17.5 Å². The van der Waals surface area contributed by atoms with E-state index in [0.717, 1.165) is 16.9 Å². The maximum Gasteiger partial charge on any atom is 0.224 e. The molecule has 2 aromatic rings. The van der Waals surface area contributed by atoms with E-state index in [1.54, 1.807) is 7.11 Å². The van der Waals surface area contributed by atoms with Crippen molar-refractivity contribution in [2.45, 2.75) is 19.4 Å². The summed E-state index contributed by atoms with van der Waals surface area (Å²) in [6.07, 6.45) is 0.342. The molecule has 21 heavy (non-hydrogen) atoms. The van der Waals surface area contributed by atoms with Gasteiger partial charge in [-0.2, -0.15) is 0 Å². The molecule has 0 bridgehead atoms. The highest BCUT2D eigenvalue weighted by atomic mass is 35.5. The Bertz CT molecular complexity index is 610. The molecule has 0 aliphatic heterocycles. The topological polar surface area (TPSA) is 38.3 Å². The summed E-state index contributed by atoms with van der Waals surface area (Å²) in [5.74, 6) is 0.763. The summed E-state index contributed by atoms with van der Waals surface area (Å²) in [7, 11) is 1.62.